The number of imidazole rings is 1. The molecule has 3 rings (SSSR count). The van der Waals surface area contributed by atoms with Gasteiger partial charge in [-0.05, 0) is 18.2 Å². The Morgan fingerprint density at radius 3 is 2.57 bits per heavy atom. The number of para-hydroxylation sites is 3. The largest absolute Gasteiger partial charge is 0.493 e. The third-order valence-electron chi connectivity index (χ3n) is 4.05. The van der Waals surface area contributed by atoms with Crippen molar-refractivity contribution in [2.75, 3.05) is 14.2 Å². The number of aliphatic hydroxyl groups excluding tert-OH is 1. The van der Waals surface area contributed by atoms with E-state index < -0.39 is 6.10 Å². The van der Waals surface area contributed by atoms with Crippen LogP contribution in [0, 0.1) is 0 Å². The molecule has 0 saturated heterocycles. The molecular formula is C18H20N2O3. The number of hydrogen-bond acceptors (Lipinski definition) is 4. The molecule has 0 bridgehead atoms. The van der Waals surface area contributed by atoms with Crippen LogP contribution < -0.4 is 9.47 Å². The van der Waals surface area contributed by atoms with E-state index in [-0.39, 0.29) is 0 Å². The van der Waals surface area contributed by atoms with E-state index in [0.29, 0.717) is 23.5 Å². The summed E-state index contributed by atoms with van der Waals surface area (Å²) in [5.74, 6) is 1.99. The number of aliphatic hydroxyl groups is 1. The van der Waals surface area contributed by atoms with Crippen LogP contribution in [0.3, 0.4) is 0 Å². The molecule has 0 fully saturated rings. The fourth-order valence-corrected chi connectivity index (χ4v) is 2.84. The van der Waals surface area contributed by atoms with Crippen LogP contribution in [0.2, 0.25) is 0 Å². The topological polar surface area (TPSA) is 56.5 Å². The third kappa shape index (κ3) is 2.75. The highest BCUT2D eigenvalue weighted by molar-refractivity contribution is 5.75. The minimum absolute atomic E-state index is 0.398. The molecular weight excluding hydrogens is 292 g/mol. The number of benzene rings is 2. The van der Waals surface area contributed by atoms with Crippen molar-refractivity contribution in [3.8, 4) is 11.5 Å². The van der Waals surface area contributed by atoms with Crippen molar-refractivity contribution < 1.29 is 14.6 Å². The van der Waals surface area contributed by atoms with Gasteiger partial charge >= 0.3 is 0 Å². The van der Waals surface area contributed by atoms with Crippen LogP contribution in [0.1, 0.15) is 17.5 Å². The van der Waals surface area contributed by atoms with Gasteiger partial charge in [-0.25, -0.2) is 4.98 Å². The first-order chi connectivity index (χ1) is 11.2. The molecule has 23 heavy (non-hydrogen) atoms. The molecule has 1 atom stereocenters. The molecule has 2 aromatic carbocycles. The van der Waals surface area contributed by atoms with Crippen LogP contribution in [-0.4, -0.2) is 28.9 Å². The van der Waals surface area contributed by atoms with Gasteiger partial charge in [0.1, 0.15) is 5.82 Å². The minimum atomic E-state index is -0.726. The van der Waals surface area contributed by atoms with Crippen LogP contribution >= 0.6 is 0 Å². The van der Waals surface area contributed by atoms with E-state index >= 15 is 0 Å². The van der Waals surface area contributed by atoms with Crippen molar-refractivity contribution in [1.82, 2.24) is 9.55 Å². The highest BCUT2D eigenvalue weighted by atomic mass is 16.5. The van der Waals surface area contributed by atoms with E-state index in [0.717, 1.165) is 16.9 Å². The first kappa shape index (κ1) is 15.4. The minimum Gasteiger partial charge on any atom is -0.493 e. The Hall–Kier alpha value is -2.53. The molecule has 0 aliphatic rings. The second-order valence-corrected chi connectivity index (χ2v) is 5.38. The Kier molecular flexibility index (Phi) is 4.21. The van der Waals surface area contributed by atoms with Gasteiger partial charge in [0.05, 0.1) is 31.4 Å². The number of aromatic nitrogens is 2. The fraction of sp³-hybridized carbons (Fsp3) is 0.278. The van der Waals surface area contributed by atoms with E-state index in [4.69, 9.17) is 9.47 Å². The second kappa shape index (κ2) is 6.30. The number of aryl methyl sites for hydroxylation is 1. The summed E-state index contributed by atoms with van der Waals surface area (Å²) in [5, 5.41) is 10.7. The lowest BCUT2D eigenvalue weighted by atomic mass is 10.0. The molecule has 1 heterocycles. The first-order valence-electron chi connectivity index (χ1n) is 7.45. The van der Waals surface area contributed by atoms with E-state index in [1.165, 1.54) is 0 Å². The second-order valence-electron chi connectivity index (χ2n) is 5.38. The number of fused-ring (bicyclic) bond motifs is 1. The fourth-order valence-electron chi connectivity index (χ4n) is 2.84. The van der Waals surface area contributed by atoms with Crippen molar-refractivity contribution in [3.63, 3.8) is 0 Å². The van der Waals surface area contributed by atoms with Crippen molar-refractivity contribution in [1.29, 1.82) is 0 Å². The summed E-state index contributed by atoms with van der Waals surface area (Å²) in [6, 6.07) is 13.4. The number of rotatable bonds is 5. The summed E-state index contributed by atoms with van der Waals surface area (Å²) < 4.78 is 12.7. The van der Waals surface area contributed by atoms with Gasteiger partial charge in [-0.15, -0.1) is 0 Å². The van der Waals surface area contributed by atoms with Crippen LogP contribution in [0.25, 0.3) is 11.0 Å². The maximum atomic E-state index is 10.7. The summed E-state index contributed by atoms with van der Waals surface area (Å²) >= 11 is 0. The average molecular weight is 312 g/mol. The lowest BCUT2D eigenvalue weighted by molar-refractivity contribution is 0.169. The SMILES string of the molecule is COc1cccc([C@H](O)Cc2nc3ccccc3n2C)c1OC. The maximum Gasteiger partial charge on any atom is 0.166 e. The zero-order chi connectivity index (χ0) is 16.4. The molecule has 1 aromatic heterocycles. The van der Waals surface area contributed by atoms with Gasteiger partial charge < -0.3 is 19.1 Å². The number of methoxy groups -OCH3 is 2. The van der Waals surface area contributed by atoms with Gasteiger partial charge in [0, 0.05) is 19.0 Å². The predicted molar refractivity (Wildman–Crippen MR) is 88.9 cm³/mol. The summed E-state index contributed by atoms with van der Waals surface area (Å²) in [4.78, 5) is 4.61. The Labute approximate surface area is 135 Å². The number of hydrogen-bond donors (Lipinski definition) is 1. The summed E-state index contributed by atoms with van der Waals surface area (Å²) in [6.07, 6.45) is -0.329. The molecule has 0 radical (unpaired) electrons. The number of ether oxygens (including phenoxy) is 2. The van der Waals surface area contributed by atoms with Crippen molar-refractivity contribution in [2.24, 2.45) is 7.05 Å². The zero-order valence-electron chi connectivity index (χ0n) is 13.5. The van der Waals surface area contributed by atoms with Crippen LogP contribution in [0.15, 0.2) is 42.5 Å². The van der Waals surface area contributed by atoms with E-state index in [9.17, 15) is 5.11 Å². The lowest BCUT2D eigenvalue weighted by Crippen LogP contribution is -2.08. The molecule has 0 unspecified atom stereocenters. The Morgan fingerprint density at radius 2 is 1.87 bits per heavy atom. The van der Waals surface area contributed by atoms with Crippen molar-refractivity contribution in [3.05, 3.63) is 53.9 Å². The monoisotopic (exact) mass is 312 g/mol. The number of nitrogens with zero attached hydrogens (tertiary/aromatic N) is 2. The molecule has 0 saturated carbocycles. The zero-order valence-corrected chi connectivity index (χ0v) is 13.5. The molecule has 0 amide bonds. The average Bonchev–Trinajstić information content (AvgIpc) is 2.90. The maximum absolute atomic E-state index is 10.7. The molecule has 3 aromatic rings. The first-order valence-corrected chi connectivity index (χ1v) is 7.45. The molecule has 0 aliphatic heterocycles. The molecule has 1 N–H and O–H groups in total. The highest BCUT2D eigenvalue weighted by Gasteiger charge is 2.19. The van der Waals surface area contributed by atoms with Gasteiger partial charge in [0.2, 0.25) is 0 Å². The standard InChI is InChI=1S/C18H20N2O3/c1-20-14-9-5-4-8-13(14)19-17(20)11-15(21)12-7-6-10-16(22-2)18(12)23-3/h4-10,15,21H,11H2,1-3H3/t15-/m1/s1. The van der Waals surface area contributed by atoms with Gasteiger partial charge in [0.15, 0.2) is 11.5 Å². The molecule has 0 spiro atoms. The van der Waals surface area contributed by atoms with Gasteiger partial charge in [-0.3, -0.25) is 0 Å². The Bertz CT molecular complexity index is 826. The van der Waals surface area contributed by atoms with Gasteiger partial charge in [0.25, 0.3) is 0 Å². The van der Waals surface area contributed by atoms with Gasteiger partial charge in [-0.1, -0.05) is 24.3 Å². The Balaban J connectivity index is 1.95. The summed E-state index contributed by atoms with van der Waals surface area (Å²) in [6.45, 7) is 0. The van der Waals surface area contributed by atoms with Crippen LogP contribution in [0.5, 0.6) is 11.5 Å². The molecule has 0 aliphatic carbocycles. The summed E-state index contributed by atoms with van der Waals surface area (Å²) in [7, 11) is 5.11. The predicted octanol–water partition coefficient (Wildman–Crippen LogP) is 2.87. The third-order valence-corrected chi connectivity index (χ3v) is 4.05. The van der Waals surface area contributed by atoms with Crippen molar-refractivity contribution >= 4 is 11.0 Å². The van der Waals surface area contributed by atoms with E-state index in [1.54, 1.807) is 14.2 Å². The van der Waals surface area contributed by atoms with E-state index in [1.807, 2.05) is 54.1 Å². The lowest BCUT2D eigenvalue weighted by Gasteiger charge is -2.17. The van der Waals surface area contributed by atoms with Crippen LogP contribution in [0.4, 0.5) is 0 Å². The normalized spacial score (nSPS) is 12.3. The Morgan fingerprint density at radius 1 is 1.09 bits per heavy atom. The smallest absolute Gasteiger partial charge is 0.166 e. The quantitative estimate of drug-likeness (QED) is 0.787. The van der Waals surface area contributed by atoms with Crippen LogP contribution in [-0.2, 0) is 13.5 Å². The molecule has 120 valence electrons. The van der Waals surface area contributed by atoms with E-state index in [2.05, 4.69) is 4.98 Å². The highest BCUT2D eigenvalue weighted by Crippen LogP contribution is 2.35. The van der Waals surface area contributed by atoms with Gasteiger partial charge in [-0.2, -0.15) is 0 Å². The molecule has 5 heteroatoms. The summed E-state index contributed by atoms with van der Waals surface area (Å²) in [5.41, 5.74) is 2.67. The van der Waals surface area contributed by atoms with Crippen molar-refractivity contribution in [2.45, 2.75) is 12.5 Å². The molecule has 5 nitrogen and oxygen atoms in total.